The predicted molar refractivity (Wildman–Crippen MR) is 127 cm³/mol. The number of ether oxygens (including phenoxy) is 1. The minimum atomic E-state index is -0.356. The van der Waals surface area contributed by atoms with Crippen LogP contribution in [0.3, 0.4) is 0 Å². The van der Waals surface area contributed by atoms with Crippen molar-refractivity contribution in [1.29, 1.82) is 0 Å². The Morgan fingerprint density at radius 2 is 1.88 bits per heavy atom. The van der Waals surface area contributed by atoms with Gasteiger partial charge in [-0.05, 0) is 55.8 Å². The molecule has 3 rings (SSSR count). The summed E-state index contributed by atoms with van der Waals surface area (Å²) >= 11 is 1.45. The van der Waals surface area contributed by atoms with Gasteiger partial charge in [-0.25, -0.2) is 10.5 Å². The molecule has 33 heavy (non-hydrogen) atoms. The topological polar surface area (TPSA) is 137 Å². The molecule has 1 amide bonds. The number of aromatic nitrogens is 4. The fraction of sp³-hybridized carbons (Fsp3) is 0.364. The zero-order valence-corrected chi connectivity index (χ0v) is 19.5. The standard InChI is InChI=1S/C22H29N7O3S/c1-15-13-19(28-27-15)24-18-14-21(32-12-6-4-3-5-7-20(30)29-31)26-22(25-18)33-17-10-8-16(23-2)9-11-17/h8-11,13-14,23,31H,3-7,12H2,1-2H3,(H,29,30)(H2,24,25,26,27,28). The number of aryl methyl sites for hydroxylation is 1. The third-order valence-electron chi connectivity index (χ3n) is 4.67. The van der Waals surface area contributed by atoms with E-state index in [1.165, 1.54) is 11.8 Å². The van der Waals surface area contributed by atoms with Crippen molar-refractivity contribution in [2.24, 2.45) is 0 Å². The van der Waals surface area contributed by atoms with Crippen LogP contribution in [0.1, 0.15) is 37.8 Å². The third-order valence-corrected chi connectivity index (χ3v) is 5.54. The van der Waals surface area contributed by atoms with Crippen molar-refractivity contribution in [3.8, 4) is 5.88 Å². The number of carbonyl (C=O) groups is 1. The van der Waals surface area contributed by atoms with E-state index >= 15 is 0 Å². The Kier molecular flexibility index (Phi) is 9.33. The number of unbranched alkanes of at least 4 members (excludes halogenated alkanes) is 3. The van der Waals surface area contributed by atoms with Gasteiger partial charge in [0.1, 0.15) is 5.82 Å². The summed E-state index contributed by atoms with van der Waals surface area (Å²) in [6.07, 6.45) is 3.68. The van der Waals surface area contributed by atoms with E-state index in [1.807, 2.05) is 44.3 Å². The van der Waals surface area contributed by atoms with Crippen molar-refractivity contribution < 1.29 is 14.7 Å². The first-order valence-corrected chi connectivity index (χ1v) is 11.6. The SMILES string of the molecule is CNc1ccc(Sc2nc(Nc3cc(C)[nH]n3)cc(OCCCCCCC(=O)NO)n2)cc1. The van der Waals surface area contributed by atoms with Crippen molar-refractivity contribution in [3.63, 3.8) is 0 Å². The Hall–Kier alpha value is -3.31. The Morgan fingerprint density at radius 1 is 1.09 bits per heavy atom. The number of hydrogen-bond acceptors (Lipinski definition) is 9. The van der Waals surface area contributed by atoms with Gasteiger partial charge in [-0.1, -0.05) is 12.8 Å². The molecule has 5 N–H and O–H groups in total. The maximum Gasteiger partial charge on any atom is 0.243 e. The minimum Gasteiger partial charge on any atom is -0.478 e. The van der Waals surface area contributed by atoms with Crippen molar-refractivity contribution in [1.82, 2.24) is 25.6 Å². The van der Waals surface area contributed by atoms with E-state index in [2.05, 4.69) is 30.8 Å². The lowest BCUT2D eigenvalue weighted by molar-refractivity contribution is -0.129. The third kappa shape index (κ3) is 8.28. The van der Waals surface area contributed by atoms with E-state index in [-0.39, 0.29) is 5.91 Å². The Bertz CT molecular complexity index is 1030. The van der Waals surface area contributed by atoms with Crippen LogP contribution in [-0.2, 0) is 4.79 Å². The number of aromatic amines is 1. The van der Waals surface area contributed by atoms with Crippen LogP contribution in [0.25, 0.3) is 0 Å². The molecule has 2 heterocycles. The summed E-state index contributed by atoms with van der Waals surface area (Å²) < 4.78 is 5.89. The fourth-order valence-electron chi connectivity index (χ4n) is 2.97. The number of nitrogens with one attached hydrogen (secondary N) is 4. The van der Waals surface area contributed by atoms with E-state index in [0.717, 1.165) is 42.0 Å². The molecule has 10 nitrogen and oxygen atoms in total. The van der Waals surface area contributed by atoms with Gasteiger partial charge in [0.05, 0.1) is 6.61 Å². The van der Waals surface area contributed by atoms with E-state index in [9.17, 15) is 4.79 Å². The molecule has 0 aliphatic heterocycles. The summed E-state index contributed by atoms with van der Waals surface area (Å²) in [7, 11) is 1.88. The summed E-state index contributed by atoms with van der Waals surface area (Å²) in [5, 5.41) is 22.5. The van der Waals surface area contributed by atoms with Gasteiger partial charge in [0.25, 0.3) is 0 Å². The monoisotopic (exact) mass is 471 g/mol. The number of hydroxylamine groups is 1. The number of benzene rings is 1. The number of amides is 1. The maximum atomic E-state index is 11.0. The van der Waals surface area contributed by atoms with Crippen LogP contribution in [-0.4, -0.2) is 44.9 Å². The summed E-state index contributed by atoms with van der Waals surface area (Å²) in [5.41, 5.74) is 3.62. The zero-order chi connectivity index (χ0) is 23.5. The number of rotatable bonds is 13. The zero-order valence-electron chi connectivity index (χ0n) is 18.7. The summed E-state index contributed by atoms with van der Waals surface area (Å²) in [6.45, 7) is 2.43. The maximum absolute atomic E-state index is 11.0. The molecule has 0 unspecified atom stereocenters. The number of H-pyrrole nitrogens is 1. The summed E-state index contributed by atoms with van der Waals surface area (Å²) in [5.74, 6) is 1.38. The molecule has 176 valence electrons. The predicted octanol–water partition coefficient (Wildman–Crippen LogP) is 4.28. The summed E-state index contributed by atoms with van der Waals surface area (Å²) in [4.78, 5) is 21.2. The Balaban J connectivity index is 1.61. The number of carbonyl (C=O) groups excluding carboxylic acids is 1. The normalized spacial score (nSPS) is 10.6. The first kappa shape index (κ1) is 24.3. The van der Waals surface area contributed by atoms with Gasteiger partial charge >= 0.3 is 0 Å². The van der Waals surface area contributed by atoms with Gasteiger partial charge in [-0.2, -0.15) is 10.1 Å². The van der Waals surface area contributed by atoms with E-state index < -0.39 is 0 Å². The molecule has 0 atom stereocenters. The molecule has 2 aromatic heterocycles. The van der Waals surface area contributed by atoms with Gasteiger partial charge in [0.15, 0.2) is 11.0 Å². The first-order valence-electron chi connectivity index (χ1n) is 10.8. The lowest BCUT2D eigenvalue weighted by Crippen LogP contribution is -2.17. The second kappa shape index (κ2) is 12.7. The van der Waals surface area contributed by atoms with Crippen LogP contribution in [0.5, 0.6) is 5.88 Å². The van der Waals surface area contributed by atoms with Crippen LogP contribution >= 0.6 is 11.8 Å². The van der Waals surface area contributed by atoms with Crippen LogP contribution < -0.4 is 20.9 Å². The second-order valence-corrected chi connectivity index (χ2v) is 8.40. The smallest absolute Gasteiger partial charge is 0.243 e. The number of anilines is 3. The Labute approximate surface area is 196 Å². The quantitative estimate of drug-likeness (QED) is 0.107. The lowest BCUT2D eigenvalue weighted by Gasteiger charge is -2.10. The highest BCUT2D eigenvalue weighted by atomic mass is 32.2. The first-order chi connectivity index (χ1) is 16.1. The highest BCUT2D eigenvalue weighted by Gasteiger charge is 2.10. The van der Waals surface area contributed by atoms with Crippen LogP contribution in [0, 0.1) is 6.92 Å². The van der Waals surface area contributed by atoms with Crippen LogP contribution in [0.2, 0.25) is 0 Å². The van der Waals surface area contributed by atoms with E-state index in [0.29, 0.717) is 35.7 Å². The number of nitrogens with zero attached hydrogens (tertiary/aromatic N) is 3. The lowest BCUT2D eigenvalue weighted by atomic mass is 10.1. The molecule has 0 radical (unpaired) electrons. The molecule has 0 spiro atoms. The van der Waals surface area contributed by atoms with E-state index in [1.54, 1.807) is 11.5 Å². The van der Waals surface area contributed by atoms with Crippen LogP contribution in [0.4, 0.5) is 17.3 Å². The summed E-state index contributed by atoms with van der Waals surface area (Å²) in [6, 6.07) is 11.7. The van der Waals surface area contributed by atoms with Gasteiger partial charge < -0.3 is 15.4 Å². The average Bonchev–Trinajstić information content (AvgIpc) is 3.23. The average molecular weight is 472 g/mol. The molecule has 0 fully saturated rings. The van der Waals surface area contributed by atoms with Crippen molar-refractivity contribution in [3.05, 3.63) is 42.1 Å². The molecule has 0 aliphatic rings. The fourth-order valence-corrected chi connectivity index (χ4v) is 3.73. The van der Waals surface area contributed by atoms with Crippen molar-refractivity contribution in [2.75, 3.05) is 24.3 Å². The number of hydrogen-bond donors (Lipinski definition) is 5. The highest BCUT2D eigenvalue weighted by molar-refractivity contribution is 7.99. The molecular formula is C22H29N7O3S. The molecule has 11 heteroatoms. The molecule has 0 saturated heterocycles. The van der Waals surface area contributed by atoms with Crippen molar-refractivity contribution in [2.45, 2.75) is 49.1 Å². The van der Waals surface area contributed by atoms with Crippen LogP contribution in [0.15, 0.2) is 46.5 Å². The van der Waals surface area contributed by atoms with Gasteiger partial charge in [0, 0.05) is 41.9 Å². The highest BCUT2D eigenvalue weighted by Crippen LogP contribution is 2.29. The molecular weight excluding hydrogens is 442 g/mol. The van der Waals surface area contributed by atoms with Gasteiger partial charge in [-0.15, -0.1) is 0 Å². The van der Waals surface area contributed by atoms with Gasteiger partial charge in [-0.3, -0.25) is 15.1 Å². The molecule has 0 bridgehead atoms. The second-order valence-electron chi connectivity index (χ2n) is 7.36. The molecule has 1 aromatic carbocycles. The largest absolute Gasteiger partial charge is 0.478 e. The van der Waals surface area contributed by atoms with Crippen molar-refractivity contribution >= 4 is 35.0 Å². The minimum absolute atomic E-state index is 0.320. The van der Waals surface area contributed by atoms with Gasteiger partial charge in [0.2, 0.25) is 11.8 Å². The van der Waals surface area contributed by atoms with E-state index in [4.69, 9.17) is 9.94 Å². The molecule has 0 aliphatic carbocycles. The molecule has 0 saturated carbocycles. The molecule has 3 aromatic rings. The Morgan fingerprint density at radius 3 is 2.58 bits per heavy atom.